The van der Waals surface area contributed by atoms with Crippen molar-refractivity contribution in [2.75, 3.05) is 12.4 Å². The first-order valence-electron chi connectivity index (χ1n) is 6.39. The molecule has 1 aromatic rings. The molecule has 0 bridgehead atoms. The van der Waals surface area contributed by atoms with Crippen LogP contribution >= 0.6 is 0 Å². The molecule has 6 heteroatoms. The van der Waals surface area contributed by atoms with E-state index in [9.17, 15) is 9.59 Å². The van der Waals surface area contributed by atoms with E-state index >= 15 is 0 Å². The van der Waals surface area contributed by atoms with Crippen LogP contribution in [0.4, 0.5) is 5.69 Å². The predicted octanol–water partition coefficient (Wildman–Crippen LogP) is 1.01. The van der Waals surface area contributed by atoms with Gasteiger partial charge in [0.25, 0.3) is 0 Å². The summed E-state index contributed by atoms with van der Waals surface area (Å²) in [6.07, 6.45) is 0.286. The highest BCUT2D eigenvalue weighted by atomic mass is 16.5. The van der Waals surface area contributed by atoms with Crippen LogP contribution in [-0.4, -0.2) is 25.0 Å². The first-order valence-corrected chi connectivity index (χ1v) is 6.39. The van der Waals surface area contributed by atoms with Crippen LogP contribution in [0.5, 0.6) is 5.75 Å². The Morgan fingerprint density at radius 3 is 2.65 bits per heavy atom. The number of benzene rings is 1. The van der Waals surface area contributed by atoms with E-state index in [4.69, 9.17) is 10.5 Å². The molecule has 0 heterocycles. The highest BCUT2D eigenvalue weighted by Crippen LogP contribution is 2.25. The molecule has 0 saturated carbocycles. The quantitative estimate of drug-likeness (QED) is 0.724. The van der Waals surface area contributed by atoms with Crippen molar-refractivity contribution in [1.82, 2.24) is 5.32 Å². The van der Waals surface area contributed by atoms with Gasteiger partial charge in [-0.05, 0) is 24.6 Å². The molecule has 0 radical (unpaired) electrons. The molecule has 1 aromatic carbocycles. The van der Waals surface area contributed by atoms with Gasteiger partial charge in [-0.3, -0.25) is 9.59 Å². The van der Waals surface area contributed by atoms with E-state index in [0.29, 0.717) is 18.0 Å². The molecule has 1 atom stereocenters. The van der Waals surface area contributed by atoms with E-state index < -0.39 is 0 Å². The van der Waals surface area contributed by atoms with Crippen LogP contribution in [-0.2, 0) is 16.1 Å². The molecule has 0 saturated heterocycles. The van der Waals surface area contributed by atoms with Gasteiger partial charge in [0.2, 0.25) is 11.8 Å². The Kier molecular flexibility index (Phi) is 5.99. The third-order valence-corrected chi connectivity index (χ3v) is 2.57. The molecule has 0 spiro atoms. The van der Waals surface area contributed by atoms with Crippen molar-refractivity contribution in [3.63, 3.8) is 0 Å². The Hall–Kier alpha value is -2.08. The topological polar surface area (TPSA) is 93.4 Å². The fourth-order valence-electron chi connectivity index (χ4n) is 1.72. The van der Waals surface area contributed by atoms with E-state index in [1.807, 2.05) is 6.07 Å². The molecule has 4 N–H and O–H groups in total. The molecular formula is C14H21N3O3. The van der Waals surface area contributed by atoms with Crippen molar-refractivity contribution in [3.05, 3.63) is 23.8 Å². The second-order valence-corrected chi connectivity index (χ2v) is 4.67. The molecule has 2 amide bonds. The molecule has 1 unspecified atom stereocenters. The zero-order valence-corrected chi connectivity index (χ0v) is 12.0. The minimum Gasteiger partial charge on any atom is -0.495 e. The molecular weight excluding hydrogens is 258 g/mol. The van der Waals surface area contributed by atoms with Crippen molar-refractivity contribution >= 4 is 17.5 Å². The van der Waals surface area contributed by atoms with Gasteiger partial charge in [-0.1, -0.05) is 6.07 Å². The summed E-state index contributed by atoms with van der Waals surface area (Å²) in [6, 6.07) is 5.18. The fraction of sp³-hybridized carbons (Fsp3) is 0.429. The normalized spacial score (nSPS) is 11.6. The van der Waals surface area contributed by atoms with E-state index in [-0.39, 0.29) is 24.3 Å². The number of hydrogen-bond donors (Lipinski definition) is 3. The summed E-state index contributed by atoms with van der Waals surface area (Å²) in [7, 11) is 1.53. The Morgan fingerprint density at radius 1 is 1.40 bits per heavy atom. The lowest BCUT2D eigenvalue weighted by Gasteiger charge is -2.12. The third kappa shape index (κ3) is 5.27. The number of methoxy groups -OCH3 is 1. The summed E-state index contributed by atoms with van der Waals surface area (Å²) >= 11 is 0. The molecule has 1 rings (SSSR count). The number of carbonyl (C=O) groups is 2. The maximum Gasteiger partial charge on any atom is 0.221 e. The van der Waals surface area contributed by atoms with E-state index in [2.05, 4.69) is 10.6 Å². The average molecular weight is 279 g/mol. The van der Waals surface area contributed by atoms with Crippen molar-refractivity contribution in [1.29, 1.82) is 0 Å². The lowest BCUT2D eigenvalue weighted by Crippen LogP contribution is -2.29. The van der Waals surface area contributed by atoms with Crippen molar-refractivity contribution in [2.45, 2.75) is 32.9 Å². The van der Waals surface area contributed by atoms with Crippen LogP contribution in [0.2, 0.25) is 0 Å². The van der Waals surface area contributed by atoms with Gasteiger partial charge >= 0.3 is 0 Å². The summed E-state index contributed by atoms with van der Waals surface area (Å²) in [5, 5.41) is 5.46. The van der Waals surface area contributed by atoms with Crippen molar-refractivity contribution in [3.8, 4) is 5.75 Å². The summed E-state index contributed by atoms with van der Waals surface area (Å²) in [5.74, 6) is 0.296. The van der Waals surface area contributed by atoms with Crippen molar-refractivity contribution in [2.24, 2.45) is 5.73 Å². The van der Waals surface area contributed by atoms with Gasteiger partial charge in [-0.15, -0.1) is 0 Å². The smallest absolute Gasteiger partial charge is 0.221 e. The zero-order valence-electron chi connectivity index (χ0n) is 12.0. The highest BCUT2D eigenvalue weighted by Gasteiger charge is 2.08. The number of carbonyl (C=O) groups excluding carboxylic acids is 2. The van der Waals surface area contributed by atoms with Crippen LogP contribution in [0.3, 0.4) is 0 Å². The predicted molar refractivity (Wildman–Crippen MR) is 77.4 cm³/mol. The monoisotopic (exact) mass is 279 g/mol. The van der Waals surface area contributed by atoms with Gasteiger partial charge in [0, 0.05) is 25.9 Å². The van der Waals surface area contributed by atoms with Crippen LogP contribution < -0.4 is 21.1 Å². The lowest BCUT2D eigenvalue weighted by atomic mass is 10.1. The largest absolute Gasteiger partial charge is 0.495 e. The summed E-state index contributed by atoms with van der Waals surface area (Å²) < 4.78 is 5.16. The standard InChI is InChI=1S/C14H21N3O3/c1-9(15)6-14(19)16-8-11-4-5-13(20-3)12(7-11)17-10(2)18/h4-5,7,9H,6,8,15H2,1-3H3,(H,16,19)(H,17,18). The van der Waals surface area contributed by atoms with Gasteiger partial charge in [-0.25, -0.2) is 0 Å². The maximum atomic E-state index is 11.5. The number of nitrogens with one attached hydrogen (secondary N) is 2. The fourth-order valence-corrected chi connectivity index (χ4v) is 1.72. The number of anilines is 1. The minimum atomic E-state index is -0.179. The van der Waals surface area contributed by atoms with E-state index in [1.54, 1.807) is 19.1 Å². The number of rotatable bonds is 6. The minimum absolute atomic E-state index is 0.100. The van der Waals surface area contributed by atoms with Crippen LogP contribution in [0.1, 0.15) is 25.8 Å². The Morgan fingerprint density at radius 2 is 2.10 bits per heavy atom. The highest BCUT2D eigenvalue weighted by molar-refractivity contribution is 5.90. The maximum absolute atomic E-state index is 11.5. The Balaban J connectivity index is 2.71. The molecule has 6 nitrogen and oxygen atoms in total. The van der Waals surface area contributed by atoms with E-state index in [1.165, 1.54) is 14.0 Å². The molecule has 0 aliphatic heterocycles. The number of ether oxygens (including phenoxy) is 1. The number of amides is 2. The first-order chi connectivity index (χ1) is 9.42. The zero-order chi connectivity index (χ0) is 15.1. The van der Waals surface area contributed by atoms with Gasteiger partial charge in [-0.2, -0.15) is 0 Å². The van der Waals surface area contributed by atoms with Gasteiger partial charge < -0.3 is 21.1 Å². The Bertz CT molecular complexity index is 487. The SMILES string of the molecule is COc1ccc(CNC(=O)CC(C)N)cc1NC(C)=O. The average Bonchev–Trinajstić information content (AvgIpc) is 2.35. The van der Waals surface area contributed by atoms with Gasteiger partial charge in [0.1, 0.15) is 5.75 Å². The number of nitrogens with two attached hydrogens (primary N) is 1. The van der Waals surface area contributed by atoms with Crippen LogP contribution in [0.15, 0.2) is 18.2 Å². The molecule has 0 aliphatic carbocycles. The molecule has 0 aromatic heterocycles. The summed E-state index contributed by atoms with van der Waals surface area (Å²) in [4.78, 5) is 22.7. The molecule has 20 heavy (non-hydrogen) atoms. The molecule has 110 valence electrons. The summed E-state index contributed by atoms with van der Waals surface area (Å²) in [6.45, 7) is 3.58. The van der Waals surface area contributed by atoms with Crippen molar-refractivity contribution < 1.29 is 14.3 Å². The lowest BCUT2D eigenvalue weighted by molar-refractivity contribution is -0.121. The van der Waals surface area contributed by atoms with Gasteiger partial charge in [0.15, 0.2) is 0 Å². The second-order valence-electron chi connectivity index (χ2n) is 4.67. The second kappa shape index (κ2) is 7.49. The van der Waals surface area contributed by atoms with Crippen LogP contribution in [0, 0.1) is 0 Å². The van der Waals surface area contributed by atoms with Crippen LogP contribution in [0.25, 0.3) is 0 Å². The van der Waals surface area contributed by atoms with E-state index in [0.717, 1.165) is 5.56 Å². The number of hydrogen-bond acceptors (Lipinski definition) is 4. The third-order valence-electron chi connectivity index (χ3n) is 2.57. The molecule has 0 fully saturated rings. The Labute approximate surface area is 118 Å². The first kappa shape index (κ1) is 16.0. The molecule has 0 aliphatic rings. The van der Waals surface area contributed by atoms with Gasteiger partial charge in [0.05, 0.1) is 12.8 Å². The summed E-state index contributed by atoms with van der Waals surface area (Å²) in [5.41, 5.74) is 7.00.